The average molecular weight is 665 g/mol. The van der Waals surface area contributed by atoms with Crippen molar-refractivity contribution in [1.82, 2.24) is 9.97 Å². The molecular weight excluding hydrogens is 637 g/mol. The van der Waals surface area contributed by atoms with Crippen LogP contribution in [0.1, 0.15) is 0 Å². The smallest absolute Gasteiger partial charge is 0.180 e. The summed E-state index contributed by atoms with van der Waals surface area (Å²) in [6.07, 6.45) is 0. The third-order valence-electron chi connectivity index (χ3n) is 10.3. The van der Waals surface area contributed by atoms with E-state index in [0.29, 0.717) is 11.4 Å². The fourth-order valence-corrected chi connectivity index (χ4v) is 7.70. The highest BCUT2D eigenvalue weighted by Crippen LogP contribution is 2.43. The molecule has 242 valence electrons. The first-order valence-electron chi connectivity index (χ1n) is 17.5. The Morgan fingerprint density at radius 3 is 1.65 bits per heavy atom. The van der Waals surface area contributed by atoms with Gasteiger partial charge in [-0.15, -0.1) is 0 Å². The summed E-state index contributed by atoms with van der Waals surface area (Å²) < 4.78 is 13.2. The SMILES string of the molecule is c1ccc2cc(-c3ccc(-c4ccc(-c5nc(-c6ccc7ccccc7c6)c6oc7ccccc7c6n5)c5c4oc4ccccc45)cc3)ccc2c1. The monoisotopic (exact) mass is 664 g/mol. The Balaban J connectivity index is 1.11. The highest BCUT2D eigenvalue weighted by molar-refractivity contribution is 6.16. The molecule has 0 saturated heterocycles. The molecule has 0 aliphatic carbocycles. The Morgan fingerprint density at radius 1 is 0.365 bits per heavy atom. The zero-order valence-electron chi connectivity index (χ0n) is 27.9. The summed E-state index contributed by atoms with van der Waals surface area (Å²) in [7, 11) is 0. The van der Waals surface area contributed by atoms with Gasteiger partial charge in [0.1, 0.15) is 28.0 Å². The topological polar surface area (TPSA) is 52.1 Å². The molecule has 0 fully saturated rings. The van der Waals surface area contributed by atoms with Crippen molar-refractivity contribution in [1.29, 1.82) is 0 Å². The Kier molecular flexibility index (Phi) is 6.22. The Bertz CT molecular complexity index is 3190. The molecule has 3 heterocycles. The normalized spacial score (nSPS) is 11.8. The van der Waals surface area contributed by atoms with Gasteiger partial charge in [0.05, 0.1) is 0 Å². The van der Waals surface area contributed by atoms with Gasteiger partial charge in [0.15, 0.2) is 11.4 Å². The highest BCUT2D eigenvalue weighted by Gasteiger charge is 2.23. The summed E-state index contributed by atoms with van der Waals surface area (Å²) in [5.74, 6) is 0.622. The van der Waals surface area contributed by atoms with Crippen LogP contribution in [0.2, 0.25) is 0 Å². The van der Waals surface area contributed by atoms with Crippen LogP contribution in [0.4, 0.5) is 0 Å². The molecule has 0 amide bonds. The largest absolute Gasteiger partial charge is 0.455 e. The number of fused-ring (bicyclic) bond motifs is 8. The van der Waals surface area contributed by atoms with Crippen LogP contribution < -0.4 is 0 Å². The molecule has 52 heavy (non-hydrogen) atoms. The fraction of sp³-hybridized carbons (Fsp3) is 0. The minimum absolute atomic E-state index is 0.622. The minimum atomic E-state index is 0.622. The average Bonchev–Trinajstić information content (AvgIpc) is 3.79. The number of hydrogen-bond donors (Lipinski definition) is 0. The van der Waals surface area contributed by atoms with Crippen LogP contribution in [0.3, 0.4) is 0 Å². The second-order valence-electron chi connectivity index (χ2n) is 13.3. The quantitative estimate of drug-likeness (QED) is 0.188. The minimum Gasteiger partial charge on any atom is -0.455 e. The lowest BCUT2D eigenvalue weighted by Gasteiger charge is -2.11. The van der Waals surface area contributed by atoms with Crippen LogP contribution in [0.5, 0.6) is 0 Å². The number of aromatic nitrogens is 2. The van der Waals surface area contributed by atoms with E-state index in [1.807, 2.05) is 30.3 Å². The van der Waals surface area contributed by atoms with E-state index in [1.165, 1.54) is 27.3 Å². The van der Waals surface area contributed by atoms with E-state index in [0.717, 1.165) is 71.8 Å². The van der Waals surface area contributed by atoms with Gasteiger partial charge in [-0.05, 0) is 80.7 Å². The van der Waals surface area contributed by atoms with Gasteiger partial charge < -0.3 is 8.83 Å². The zero-order valence-corrected chi connectivity index (χ0v) is 27.9. The van der Waals surface area contributed by atoms with Crippen molar-refractivity contribution in [3.63, 3.8) is 0 Å². The van der Waals surface area contributed by atoms with Gasteiger partial charge in [-0.3, -0.25) is 0 Å². The molecule has 0 spiro atoms. The molecule has 8 aromatic carbocycles. The van der Waals surface area contributed by atoms with Crippen molar-refractivity contribution in [2.24, 2.45) is 0 Å². The molecule has 0 radical (unpaired) electrons. The van der Waals surface area contributed by atoms with E-state index in [1.54, 1.807) is 0 Å². The van der Waals surface area contributed by atoms with Gasteiger partial charge in [-0.2, -0.15) is 0 Å². The molecule has 0 unspecified atom stereocenters. The first-order valence-corrected chi connectivity index (χ1v) is 17.5. The summed E-state index contributed by atoms with van der Waals surface area (Å²) in [6, 6.07) is 59.2. The van der Waals surface area contributed by atoms with Crippen LogP contribution in [0.25, 0.3) is 110 Å². The van der Waals surface area contributed by atoms with Crippen molar-refractivity contribution >= 4 is 65.6 Å². The third-order valence-corrected chi connectivity index (χ3v) is 10.3. The number of benzene rings is 8. The number of rotatable bonds is 4. The van der Waals surface area contributed by atoms with Gasteiger partial charge >= 0.3 is 0 Å². The molecule has 0 N–H and O–H groups in total. The van der Waals surface area contributed by atoms with Crippen LogP contribution >= 0.6 is 0 Å². The number of hydrogen-bond acceptors (Lipinski definition) is 4. The maximum absolute atomic E-state index is 6.69. The van der Waals surface area contributed by atoms with Crippen molar-refractivity contribution in [3.05, 3.63) is 170 Å². The van der Waals surface area contributed by atoms with Crippen molar-refractivity contribution in [2.45, 2.75) is 0 Å². The summed E-state index contributed by atoms with van der Waals surface area (Å²) in [5.41, 5.74) is 11.0. The van der Waals surface area contributed by atoms with Gasteiger partial charge in [-0.25, -0.2) is 9.97 Å². The predicted molar refractivity (Wildman–Crippen MR) is 213 cm³/mol. The summed E-state index contributed by atoms with van der Waals surface area (Å²) >= 11 is 0. The van der Waals surface area contributed by atoms with E-state index in [-0.39, 0.29) is 0 Å². The Hall–Kier alpha value is -7.04. The third kappa shape index (κ3) is 4.48. The molecular formula is C48H28N2O2. The molecule has 0 bridgehead atoms. The molecule has 11 rings (SSSR count). The first-order chi connectivity index (χ1) is 25.7. The highest BCUT2D eigenvalue weighted by atomic mass is 16.3. The standard InChI is InChI=1S/C48H28N2O2/c1-3-11-33-27-35(23-19-29(33)9-1)31-17-21-32(22-18-31)37-25-26-40(43-38-13-5-7-15-41(38)51-46(37)43)48-49-44(36-24-20-30-10-2-4-12-34(30)28-36)47-45(50-48)39-14-6-8-16-42(39)52-47/h1-28H. The lowest BCUT2D eigenvalue weighted by molar-refractivity contribution is 0.667. The Morgan fingerprint density at radius 2 is 0.904 bits per heavy atom. The van der Waals surface area contributed by atoms with Crippen LogP contribution in [0.15, 0.2) is 179 Å². The molecule has 4 nitrogen and oxygen atoms in total. The second kappa shape index (κ2) is 11.2. The van der Waals surface area contributed by atoms with E-state index < -0.39 is 0 Å². The van der Waals surface area contributed by atoms with Gasteiger partial charge in [0.2, 0.25) is 0 Å². The first kappa shape index (κ1) is 28.8. The van der Waals surface area contributed by atoms with Gasteiger partial charge in [0.25, 0.3) is 0 Å². The molecule has 3 aromatic heterocycles. The van der Waals surface area contributed by atoms with Gasteiger partial charge in [0, 0.05) is 32.8 Å². The van der Waals surface area contributed by atoms with Crippen molar-refractivity contribution in [2.75, 3.05) is 0 Å². The zero-order chi connectivity index (χ0) is 34.2. The van der Waals surface area contributed by atoms with Crippen molar-refractivity contribution in [3.8, 4) is 44.9 Å². The number of nitrogens with zero attached hydrogens (tertiary/aromatic N) is 2. The van der Waals surface area contributed by atoms with Gasteiger partial charge in [-0.1, -0.05) is 127 Å². The van der Waals surface area contributed by atoms with E-state index in [4.69, 9.17) is 18.8 Å². The number of para-hydroxylation sites is 2. The molecule has 0 aliphatic rings. The van der Waals surface area contributed by atoms with E-state index in [9.17, 15) is 0 Å². The molecule has 11 aromatic rings. The molecule has 0 aliphatic heterocycles. The molecule has 0 saturated carbocycles. The molecule has 0 atom stereocenters. The molecule has 4 heteroatoms. The lowest BCUT2D eigenvalue weighted by atomic mass is 9.95. The second-order valence-corrected chi connectivity index (χ2v) is 13.3. The Labute approximate surface area is 298 Å². The summed E-state index contributed by atoms with van der Waals surface area (Å²) in [6.45, 7) is 0. The maximum atomic E-state index is 6.69. The maximum Gasteiger partial charge on any atom is 0.180 e. The number of furan rings is 2. The summed E-state index contributed by atoms with van der Waals surface area (Å²) in [5, 5.41) is 7.76. The van der Waals surface area contributed by atoms with E-state index in [2.05, 4.69) is 140 Å². The van der Waals surface area contributed by atoms with Crippen LogP contribution in [-0.4, -0.2) is 9.97 Å². The lowest BCUT2D eigenvalue weighted by Crippen LogP contribution is -1.95. The fourth-order valence-electron chi connectivity index (χ4n) is 7.70. The van der Waals surface area contributed by atoms with Crippen LogP contribution in [0, 0.1) is 0 Å². The van der Waals surface area contributed by atoms with E-state index >= 15 is 0 Å². The summed E-state index contributed by atoms with van der Waals surface area (Å²) in [4.78, 5) is 10.5. The van der Waals surface area contributed by atoms with Crippen LogP contribution in [-0.2, 0) is 0 Å². The predicted octanol–water partition coefficient (Wildman–Crippen LogP) is 13.2. The van der Waals surface area contributed by atoms with Crippen molar-refractivity contribution < 1.29 is 8.83 Å².